The first-order valence-electron chi connectivity index (χ1n) is 9.99. The van der Waals surface area contributed by atoms with E-state index in [1.807, 2.05) is 19.1 Å². The Balaban J connectivity index is 1.50. The van der Waals surface area contributed by atoms with Gasteiger partial charge in [-0.15, -0.1) is 0 Å². The highest BCUT2D eigenvalue weighted by Crippen LogP contribution is 2.27. The van der Waals surface area contributed by atoms with E-state index in [1.54, 1.807) is 27.8 Å². The first-order valence-corrected chi connectivity index (χ1v) is 10.4. The van der Waals surface area contributed by atoms with E-state index in [2.05, 4.69) is 5.10 Å². The molecule has 2 atom stereocenters. The SMILES string of the molecule is C[C@H]1CN(CC(=O)N2CCCC(C(=O)O)C2)C(=O)c2cc(-c3ccc(Cl)cc3)nn21. The number of likely N-dealkylation sites (tertiary alicyclic amines) is 1. The number of fused-ring (bicyclic) bond motifs is 1. The molecule has 2 aliphatic heterocycles. The largest absolute Gasteiger partial charge is 0.481 e. The summed E-state index contributed by atoms with van der Waals surface area (Å²) in [4.78, 5) is 40.1. The lowest BCUT2D eigenvalue weighted by atomic mass is 9.98. The highest BCUT2D eigenvalue weighted by Gasteiger charge is 2.34. The Morgan fingerprint density at radius 2 is 1.97 bits per heavy atom. The number of carboxylic acid groups (broad SMARTS) is 1. The molecule has 1 N–H and O–H groups in total. The van der Waals surface area contributed by atoms with Crippen molar-refractivity contribution in [2.45, 2.75) is 25.8 Å². The second kappa shape index (κ2) is 8.10. The van der Waals surface area contributed by atoms with Crippen molar-refractivity contribution in [3.05, 3.63) is 41.0 Å². The fourth-order valence-corrected chi connectivity index (χ4v) is 4.22. The van der Waals surface area contributed by atoms with Crippen LogP contribution in [0.15, 0.2) is 30.3 Å². The van der Waals surface area contributed by atoms with Gasteiger partial charge in [-0.1, -0.05) is 23.7 Å². The Hall–Kier alpha value is -2.87. The first kappa shape index (κ1) is 20.4. The van der Waals surface area contributed by atoms with Crippen LogP contribution in [0.25, 0.3) is 11.3 Å². The minimum absolute atomic E-state index is 0.0586. The lowest BCUT2D eigenvalue weighted by molar-refractivity contribution is -0.145. The molecule has 0 saturated carbocycles. The van der Waals surface area contributed by atoms with Gasteiger partial charge in [0.1, 0.15) is 12.2 Å². The molecule has 2 aliphatic rings. The molecule has 4 rings (SSSR count). The Kier molecular flexibility index (Phi) is 5.51. The third-order valence-corrected chi connectivity index (χ3v) is 5.99. The number of amides is 2. The molecule has 0 radical (unpaired) electrons. The summed E-state index contributed by atoms with van der Waals surface area (Å²) >= 11 is 5.95. The molecular weight excluding hydrogens is 408 g/mol. The molecule has 0 spiro atoms. The lowest BCUT2D eigenvalue weighted by Crippen LogP contribution is -2.50. The van der Waals surface area contributed by atoms with Crippen LogP contribution in [0.5, 0.6) is 0 Å². The number of piperidine rings is 1. The van der Waals surface area contributed by atoms with Crippen molar-refractivity contribution < 1.29 is 19.5 Å². The fourth-order valence-electron chi connectivity index (χ4n) is 4.10. The van der Waals surface area contributed by atoms with E-state index in [0.29, 0.717) is 42.3 Å². The number of carbonyl (C=O) groups is 3. The highest BCUT2D eigenvalue weighted by atomic mass is 35.5. The van der Waals surface area contributed by atoms with Gasteiger partial charge in [-0.05, 0) is 38.0 Å². The predicted octanol–water partition coefficient (Wildman–Crippen LogP) is 2.54. The van der Waals surface area contributed by atoms with Crippen LogP contribution in [-0.4, -0.2) is 68.6 Å². The third-order valence-electron chi connectivity index (χ3n) is 5.73. The third kappa shape index (κ3) is 3.92. The average Bonchev–Trinajstić information content (AvgIpc) is 3.19. The van der Waals surface area contributed by atoms with Crippen molar-refractivity contribution in [3.63, 3.8) is 0 Å². The van der Waals surface area contributed by atoms with Crippen LogP contribution in [0.1, 0.15) is 36.3 Å². The van der Waals surface area contributed by atoms with Gasteiger partial charge in [0.25, 0.3) is 5.91 Å². The van der Waals surface area contributed by atoms with Gasteiger partial charge in [0.05, 0.1) is 17.7 Å². The molecule has 0 aliphatic carbocycles. The molecule has 1 fully saturated rings. The molecule has 1 saturated heterocycles. The molecular formula is C21H23ClN4O4. The number of aliphatic carboxylic acids is 1. The summed E-state index contributed by atoms with van der Waals surface area (Å²) in [5.74, 6) is -1.89. The Morgan fingerprint density at radius 1 is 1.23 bits per heavy atom. The summed E-state index contributed by atoms with van der Waals surface area (Å²) in [7, 11) is 0. The maximum Gasteiger partial charge on any atom is 0.308 e. The van der Waals surface area contributed by atoms with Crippen molar-refractivity contribution in [1.29, 1.82) is 0 Å². The van der Waals surface area contributed by atoms with E-state index in [-0.39, 0.29) is 30.9 Å². The first-order chi connectivity index (χ1) is 14.3. The number of carboxylic acids is 1. The van der Waals surface area contributed by atoms with Gasteiger partial charge in [-0.25, -0.2) is 0 Å². The summed E-state index contributed by atoms with van der Waals surface area (Å²) < 4.78 is 1.70. The molecule has 1 aromatic carbocycles. The van der Waals surface area contributed by atoms with Gasteiger partial charge < -0.3 is 14.9 Å². The van der Waals surface area contributed by atoms with Crippen molar-refractivity contribution in [2.75, 3.05) is 26.2 Å². The zero-order valence-corrected chi connectivity index (χ0v) is 17.4. The number of hydrogen-bond acceptors (Lipinski definition) is 4. The van der Waals surface area contributed by atoms with Gasteiger partial charge in [0.15, 0.2) is 0 Å². The zero-order chi connectivity index (χ0) is 21.4. The van der Waals surface area contributed by atoms with Gasteiger partial charge in [-0.2, -0.15) is 5.10 Å². The molecule has 1 aromatic heterocycles. The number of nitrogens with zero attached hydrogens (tertiary/aromatic N) is 4. The fraction of sp³-hybridized carbons (Fsp3) is 0.429. The van der Waals surface area contributed by atoms with E-state index >= 15 is 0 Å². The molecule has 158 valence electrons. The maximum absolute atomic E-state index is 13.0. The van der Waals surface area contributed by atoms with Crippen molar-refractivity contribution in [1.82, 2.24) is 19.6 Å². The van der Waals surface area contributed by atoms with E-state index in [4.69, 9.17) is 11.6 Å². The molecule has 0 bridgehead atoms. The van der Waals surface area contributed by atoms with Crippen molar-refractivity contribution >= 4 is 29.4 Å². The van der Waals surface area contributed by atoms with Crippen molar-refractivity contribution in [3.8, 4) is 11.3 Å². The Morgan fingerprint density at radius 3 is 2.67 bits per heavy atom. The summed E-state index contributed by atoms with van der Waals surface area (Å²) in [5.41, 5.74) is 1.97. The second-order valence-electron chi connectivity index (χ2n) is 7.92. The normalized spacial score (nSPS) is 21.5. The standard InChI is InChI=1S/C21H23ClN4O4/c1-13-10-25(12-19(27)24-8-2-3-15(11-24)21(29)30)20(28)18-9-17(23-26(13)18)14-4-6-16(22)7-5-14/h4-7,9,13,15H,2-3,8,10-12H2,1H3,(H,29,30)/t13-,15?/m0/s1. The number of aromatic nitrogens is 2. The number of hydrogen-bond donors (Lipinski definition) is 1. The second-order valence-corrected chi connectivity index (χ2v) is 8.35. The minimum Gasteiger partial charge on any atom is -0.481 e. The van der Waals surface area contributed by atoms with Gasteiger partial charge in [0.2, 0.25) is 5.91 Å². The molecule has 2 aromatic rings. The maximum atomic E-state index is 13.0. The number of carbonyl (C=O) groups excluding carboxylic acids is 2. The van der Waals surface area contributed by atoms with E-state index in [0.717, 1.165) is 5.56 Å². The van der Waals surface area contributed by atoms with Crippen LogP contribution in [0.3, 0.4) is 0 Å². The molecule has 30 heavy (non-hydrogen) atoms. The van der Waals surface area contributed by atoms with E-state index in [9.17, 15) is 19.5 Å². The highest BCUT2D eigenvalue weighted by molar-refractivity contribution is 6.30. The average molecular weight is 431 g/mol. The predicted molar refractivity (Wildman–Crippen MR) is 110 cm³/mol. The van der Waals surface area contributed by atoms with Crippen LogP contribution < -0.4 is 0 Å². The van der Waals surface area contributed by atoms with E-state index < -0.39 is 11.9 Å². The van der Waals surface area contributed by atoms with Crippen molar-refractivity contribution in [2.24, 2.45) is 5.92 Å². The monoisotopic (exact) mass is 430 g/mol. The van der Waals surface area contributed by atoms with Gasteiger partial charge in [0, 0.05) is 30.2 Å². The smallest absolute Gasteiger partial charge is 0.308 e. The Labute approximate surface area is 179 Å². The quantitative estimate of drug-likeness (QED) is 0.804. The summed E-state index contributed by atoms with van der Waals surface area (Å²) in [5, 5.41) is 14.4. The number of halogens is 1. The van der Waals surface area contributed by atoms with Gasteiger partial charge >= 0.3 is 5.97 Å². The summed E-state index contributed by atoms with van der Waals surface area (Å²) in [6.07, 6.45) is 1.23. The minimum atomic E-state index is -0.881. The Bertz CT molecular complexity index is 987. The zero-order valence-electron chi connectivity index (χ0n) is 16.6. The summed E-state index contributed by atoms with van der Waals surface area (Å²) in [6.45, 7) is 2.99. The lowest BCUT2D eigenvalue weighted by Gasteiger charge is -2.35. The molecule has 9 heteroatoms. The van der Waals surface area contributed by atoms with Crippen LogP contribution in [0.4, 0.5) is 0 Å². The number of benzene rings is 1. The van der Waals surface area contributed by atoms with Crippen LogP contribution >= 0.6 is 11.6 Å². The van der Waals surface area contributed by atoms with Crippen LogP contribution in [-0.2, 0) is 9.59 Å². The van der Waals surface area contributed by atoms with Gasteiger partial charge in [-0.3, -0.25) is 19.1 Å². The number of rotatable bonds is 4. The molecule has 1 unspecified atom stereocenters. The summed E-state index contributed by atoms with van der Waals surface area (Å²) in [6, 6.07) is 8.90. The van der Waals surface area contributed by atoms with Crippen LogP contribution in [0, 0.1) is 5.92 Å². The molecule has 3 heterocycles. The van der Waals surface area contributed by atoms with Crippen LogP contribution in [0.2, 0.25) is 5.02 Å². The molecule has 2 amide bonds. The van der Waals surface area contributed by atoms with E-state index in [1.165, 1.54) is 4.90 Å². The topological polar surface area (TPSA) is 95.7 Å². The molecule has 8 nitrogen and oxygen atoms in total.